The van der Waals surface area contributed by atoms with Gasteiger partial charge in [-0.15, -0.1) is 0 Å². The second-order valence-electron chi connectivity index (χ2n) is 10.1. The van der Waals surface area contributed by atoms with Crippen LogP contribution in [0.3, 0.4) is 0 Å². The molecule has 0 radical (unpaired) electrons. The van der Waals surface area contributed by atoms with Crippen LogP contribution in [0.5, 0.6) is 11.5 Å². The third-order valence-corrected chi connectivity index (χ3v) is 9.12. The van der Waals surface area contributed by atoms with E-state index in [0.29, 0.717) is 43.6 Å². The average molecular weight is 554 g/mol. The summed E-state index contributed by atoms with van der Waals surface area (Å²) in [6.45, 7) is 0.686. The van der Waals surface area contributed by atoms with Crippen LogP contribution in [0, 0.1) is 23.4 Å². The van der Waals surface area contributed by atoms with Gasteiger partial charge in [-0.1, -0.05) is 0 Å². The number of carbonyl (C=O) groups is 1. The number of nitrogens with one attached hydrogen (secondary N) is 1. The summed E-state index contributed by atoms with van der Waals surface area (Å²) in [7, 11) is -3.84. The molecule has 0 aliphatic carbocycles. The number of rotatable bonds is 8. The lowest BCUT2D eigenvalue weighted by atomic mass is 9.82. The monoisotopic (exact) mass is 553 g/mol. The summed E-state index contributed by atoms with van der Waals surface area (Å²) >= 11 is 0. The van der Waals surface area contributed by atoms with Gasteiger partial charge in [-0.3, -0.25) is 4.79 Å². The second-order valence-corrected chi connectivity index (χ2v) is 11.9. The number of fused-ring (bicyclic) bond motifs is 3. The van der Waals surface area contributed by atoms with E-state index in [1.807, 2.05) is 4.90 Å². The number of halogens is 3. The molecule has 3 aliphatic rings. The van der Waals surface area contributed by atoms with Crippen LogP contribution in [-0.2, 0) is 21.2 Å². The van der Waals surface area contributed by atoms with Crippen molar-refractivity contribution in [2.24, 2.45) is 11.7 Å². The summed E-state index contributed by atoms with van der Waals surface area (Å²) in [5.41, 5.74) is 6.39. The van der Waals surface area contributed by atoms with Gasteiger partial charge in [0.2, 0.25) is 15.9 Å². The van der Waals surface area contributed by atoms with Crippen LogP contribution in [0.25, 0.3) is 0 Å². The molecular formula is C26H30F3N3O5S. The highest BCUT2D eigenvalue weighted by Crippen LogP contribution is 2.40. The molecule has 206 valence electrons. The first kappa shape index (κ1) is 26.8. The molecule has 0 aromatic heterocycles. The van der Waals surface area contributed by atoms with Crippen LogP contribution in [0.4, 0.5) is 13.2 Å². The third kappa shape index (κ3) is 5.48. The molecule has 2 aromatic rings. The van der Waals surface area contributed by atoms with E-state index in [2.05, 4.69) is 4.72 Å². The van der Waals surface area contributed by atoms with E-state index in [4.69, 9.17) is 15.2 Å². The molecule has 3 heterocycles. The van der Waals surface area contributed by atoms with Crippen LogP contribution >= 0.6 is 0 Å². The first-order valence-corrected chi connectivity index (χ1v) is 14.2. The summed E-state index contributed by atoms with van der Waals surface area (Å²) in [4.78, 5) is 14.9. The van der Waals surface area contributed by atoms with Crippen molar-refractivity contribution in [2.45, 2.75) is 61.5 Å². The Bertz CT molecular complexity index is 1310. The number of hydrogen-bond acceptors (Lipinski definition) is 6. The summed E-state index contributed by atoms with van der Waals surface area (Å²) in [6.07, 6.45) is 2.94. The first-order chi connectivity index (χ1) is 18.1. The number of hydrogen-bond donors (Lipinski definition) is 2. The molecule has 1 amide bonds. The van der Waals surface area contributed by atoms with Gasteiger partial charge in [-0.25, -0.2) is 26.3 Å². The zero-order valence-corrected chi connectivity index (χ0v) is 21.5. The van der Waals surface area contributed by atoms with E-state index in [1.54, 1.807) is 6.07 Å². The number of nitrogens with two attached hydrogens (primary N) is 1. The molecule has 0 spiro atoms. The maximum absolute atomic E-state index is 14.1. The maximum Gasteiger partial charge on any atom is 0.240 e. The molecule has 2 bridgehead atoms. The Morgan fingerprint density at radius 1 is 1.00 bits per heavy atom. The van der Waals surface area contributed by atoms with E-state index in [-0.39, 0.29) is 53.8 Å². The van der Waals surface area contributed by atoms with Crippen LogP contribution in [0.1, 0.15) is 37.7 Å². The molecule has 3 unspecified atom stereocenters. The Morgan fingerprint density at radius 2 is 1.66 bits per heavy atom. The van der Waals surface area contributed by atoms with E-state index >= 15 is 0 Å². The van der Waals surface area contributed by atoms with Crippen molar-refractivity contribution >= 4 is 15.9 Å². The molecule has 2 saturated heterocycles. The lowest BCUT2D eigenvalue weighted by Crippen LogP contribution is -2.50. The number of amides is 1. The number of benzene rings is 2. The summed E-state index contributed by atoms with van der Waals surface area (Å²) < 4.78 is 79.8. The minimum absolute atomic E-state index is 0.00206. The summed E-state index contributed by atoms with van der Waals surface area (Å²) in [6, 6.07) is 5.21. The van der Waals surface area contributed by atoms with Gasteiger partial charge in [0.15, 0.2) is 23.1 Å². The van der Waals surface area contributed by atoms with Crippen molar-refractivity contribution in [3.8, 4) is 11.5 Å². The fourth-order valence-corrected chi connectivity index (χ4v) is 6.86. The largest absolute Gasteiger partial charge is 0.486 e. The van der Waals surface area contributed by atoms with Gasteiger partial charge >= 0.3 is 0 Å². The Labute approximate surface area is 219 Å². The predicted molar refractivity (Wildman–Crippen MR) is 132 cm³/mol. The number of carbonyl (C=O) groups excluding carboxylic acids is 1. The Balaban J connectivity index is 1.15. The second kappa shape index (κ2) is 10.7. The van der Waals surface area contributed by atoms with Crippen LogP contribution in [-0.4, -0.2) is 57.1 Å². The molecule has 2 fully saturated rings. The molecule has 3 aliphatic heterocycles. The Kier molecular flexibility index (Phi) is 7.56. The zero-order valence-electron chi connectivity index (χ0n) is 20.7. The van der Waals surface area contributed by atoms with Crippen molar-refractivity contribution in [3.63, 3.8) is 0 Å². The maximum atomic E-state index is 14.1. The average Bonchev–Trinajstić information content (AvgIpc) is 3.15. The lowest BCUT2D eigenvalue weighted by Gasteiger charge is -2.41. The first-order valence-electron chi connectivity index (χ1n) is 12.7. The fourth-order valence-electron chi connectivity index (χ4n) is 5.81. The molecule has 0 saturated carbocycles. The quantitative estimate of drug-likeness (QED) is 0.487. The molecule has 5 rings (SSSR count). The normalized spacial score (nSPS) is 23.4. The smallest absolute Gasteiger partial charge is 0.240 e. The van der Waals surface area contributed by atoms with Gasteiger partial charge in [-0.05, 0) is 61.8 Å². The van der Waals surface area contributed by atoms with Gasteiger partial charge in [0.1, 0.15) is 19.0 Å². The Hall–Kier alpha value is -2.83. The lowest BCUT2D eigenvalue weighted by molar-refractivity contribution is -0.136. The highest BCUT2D eigenvalue weighted by molar-refractivity contribution is 7.89. The predicted octanol–water partition coefficient (Wildman–Crippen LogP) is 2.88. The highest BCUT2D eigenvalue weighted by atomic mass is 32.2. The van der Waals surface area contributed by atoms with Crippen molar-refractivity contribution in [1.29, 1.82) is 0 Å². The molecule has 2 aromatic carbocycles. The summed E-state index contributed by atoms with van der Waals surface area (Å²) in [5.74, 6) is -2.47. The van der Waals surface area contributed by atoms with Crippen molar-refractivity contribution in [1.82, 2.24) is 9.62 Å². The van der Waals surface area contributed by atoms with Crippen molar-refractivity contribution < 1.29 is 35.9 Å². The molecular weight excluding hydrogens is 523 g/mol. The number of sulfonamides is 1. The molecule has 8 nitrogen and oxygen atoms in total. The van der Waals surface area contributed by atoms with Crippen LogP contribution in [0.15, 0.2) is 35.2 Å². The molecule has 3 N–H and O–H groups in total. The minimum Gasteiger partial charge on any atom is -0.486 e. The number of piperidine rings is 1. The minimum atomic E-state index is -3.84. The molecule has 12 heteroatoms. The highest BCUT2D eigenvalue weighted by Gasteiger charge is 2.44. The van der Waals surface area contributed by atoms with Crippen molar-refractivity contribution in [3.05, 3.63) is 53.3 Å². The SMILES string of the molecule is NC(Cc1cc(F)c(F)cc1F)C1CC2CC[C@@H](C1)N2C(=O)CCNS(=O)(=O)c1ccc2c(c1)OCCO2. The number of nitrogens with zero attached hydrogens (tertiary/aromatic N) is 1. The molecule has 38 heavy (non-hydrogen) atoms. The Morgan fingerprint density at radius 3 is 2.37 bits per heavy atom. The zero-order chi connectivity index (χ0) is 27.0. The third-order valence-electron chi connectivity index (χ3n) is 7.66. The van der Waals surface area contributed by atoms with Crippen molar-refractivity contribution in [2.75, 3.05) is 19.8 Å². The standard InChI is InChI=1S/C26H30F3N3O5S/c27-20-14-22(29)21(28)11-15(20)12-23(30)16-9-17-1-2-18(10-16)32(17)26(33)5-6-31-38(34,35)19-3-4-24-25(13-19)37-8-7-36-24/h3-4,11,13-14,16-18,23,31H,1-2,5-10,12,30H2/t16?,17-,18?,23?/m0/s1. The van der Waals surface area contributed by atoms with E-state index in [1.165, 1.54) is 12.1 Å². The topological polar surface area (TPSA) is 111 Å². The van der Waals surface area contributed by atoms with Crippen LogP contribution in [0.2, 0.25) is 0 Å². The van der Waals surface area contributed by atoms with E-state index in [0.717, 1.165) is 18.9 Å². The van der Waals surface area contributed by atoms with Gasteiger partial charge in [0.05, 0.1) is 4.90 Å². The summed E-state index contributed by atoms with van der Waals surface area (Å²) in [5, 5.41) is 0. The van der Waals surface area contributed by atoms with Gasteiger partial charge in [-0.2, -0.15) is 0 Å². The van der Waals surface area contributed by atoms with E-state index < -0.39 is 33.5 Å². The van der Waals surface area contributed by atoms with Gasteiger partial charge < -0.3 is 20.1 Å². The number of ether oxygens (including phenoxy) is 2. The van der Waals surface area contributed by atoms with Crippen LogP contribution < -0.4 is 19.9 Å². The van der Waals surface area contributed by atoms with Gasteiger partial charge in [0.25, 0.3) is 0 Å². The van der Waals surface area contributed by atoms with E-state index in [9.17, 15) is 26.4 Å². The molecule has 4 atom stereocenters. The van der Waals surface area contributed by atoms with Gasteiger partial charge in [0, 0.05) is 43.2 Å². The fraction of sp³-hybridized carbons (Fsp3) is 0.500.